The van der Waals surface area contributed by atoms with Gasteiger partial charge in [0, 0.05) is 18.4 Å². The minimum atomic E-state index is -0.428. The van der Waals surface area contributed by atoms with Gasteiger partial charge in [-0.3, -0.25) is 4.79 Å². The standard InChI is InChI=1S/C13H21N3O3S/c1-13(2,3)10-9(11(18)19-5)20-12(16-10)15-8(17)6-7-14-4/h14H,6-7H2,1-5H3,(H,15,16,17). The molecule has 0 bridgehead atoms. The van der Waals surface area contributed by atoms with Gasteiger partial charge in [0.2, 0.25) is 5.91 Å². The van der Waals surface area contributed by atoms with Gasteiger partial charge >= 0.3 is 5.97 Å². The van der Waals surface area contributed by atoms with Crippen LogP contribution < -0.4 is 10.6 Å². The number of nitrogens with one attached hydrogen (secondary N) is 2. The van der Waals surface area contributed by atoms with Crippen LogP contribution in [0.15, 0.2) is 0 Å². The van der Waals surface area contributed by atoms with Crippen molar-refractivity contribution in [2.24, 2.45) is 0 Å². The Labute approximate surface area is 122 Å². The highest BCUT2D eigenvalue weighted by Gasteiger charge is 2.28. The zero-order chi connectivity index (χ0) is 15.3. The molecule has 0 radical (unpaired) electrons. The predicted octanol–water partition coefficient (Wildman–Crippen LogP) is 1.78. The van der Waals surface area contributed by atoms with E-state index in [-0.39, 0.29) is 11.3 Å². The summed E-state index contributed by atoms with van der Waals surface area (Å²) in [6.07, 6.45) is 0.356. The summed E-state index contributed by atoms with van der Waals surface area (Å²) in [5.74, 6) is -0.562. The number of ether oxygens (including phenoxy) is 1. The van der Waals surface area contributed by atoms with Gasteiger partial charge in [-0.1, -0.05) is 32.1 Å². The van der Waals surface area contributed by atoms with Crippen molar-refractivity contribution in [1.82, 2.24) is 10.3 Å². The lowest BCUT2D eigenvalue weighted by atomic mass is 9.91. The van der Waals surface area contributed by atoms with Crippen molar-refractivity contribution in [3.8, 4) is 0 Å². The molecule has 6 nitrogen and oxygen atoms in total. The van der Waals surface area contributed by atoms with Crippen molar-refractivity contribution < 1.29 is 14.3 Å². The van der Waals surface area contributed by atoms with E-state index in [9.17, 15) is 9.59 Å². The first kappa shape index (κ1) is 16.6. The number of nitrogens with zero attached hydrogens (tertiary/aromatic N) is 1. The zero-order valence-corrected chi connectivity index (χ0v) is 13.3. The second-order valence-electron chi connectivity index (χ2n) is 5.34. The fourth-order valence-corrected chi connectivity index (χ4v) is 2.64. The molecule has 1 rings (SSSR count). The van der Waals surface area contributed by atoms with Crippen LogP contribution in [0.5, 0.6) is 0 Å². The van der Waals surface area contributed by atoms with Gasteiger partial charge in [0.15, 0.2) is 5.13 Å². The largest absolute Gasteiger partial charge is 0.465 e. The number of aromatic nitrogens is 1. The van der Waals surface area contributed by atoms with Gasteiger partial charge in [-0.05, 0) is 7.05 Å². The molecule has 1 heterocycles. The highest BCUT2D eigenvalue weighted by molar-refractivity contribution is 7.17. The Morgan fingerprint density at radius 3 is 2.50 bits per heavy atom. The van der Waals surface area contributed by atoms with Gasteiger partial charge in [-0.15, -0.1) is 0 Å². The molecular weight excluding hydrogens is 278 g/mol. The topological polar surface area (TPSA) is 80.3 Å². The molecule has 0 saturated carbocycles. The summed E-state index contributed by atoms with van der Waals surface area (Å²) in [5.41, 5.74) is 0.340. The van der Waals surface area contributed by atoms with E-state index < -0.39 is 5.97 Å². The van der Waals surface area contributed by atoms with Crippen LogP contribution >= 0.6 is 11.3 Å². The second kappa shape index (κ2) is 6.81. The Hall–Kier alpha value is -1.47. The number of carbonyl (C=O) groups is 2. The SMILES string of the molecule is CNCCC(=O)Nc1nc(C(C)(C)C)c(C(=O)OC)s1. The Bertz CT molecular complexity index is 492. The van der Waals surface area contributed by atoms with Gasteiger partial charge in [-0.25, -0.2) is 9.78 Å². The fraction of sp³-hybridized carbons (Fsp3) is 0.615. The van der Waals surface area contributed by atoms with Crippen molar-refractivity contribution >= 4 is 28.3 Å². The first-order valence-electron chi connectivity index (χ1n) is 6.33. The molecule has 0 spiro atoms. The van der Waals surface area contributed by atoms with Gasteiger partial charge in [0.1, 0.15) is 4.88 Å². The molecule has 112 valence electrons. The Morgan fingerprint density at radius 2 is 2.00 bits per heavy atom. The molecule has 2 N–H and O–H groups in total. The summed E-state index contributed by atoms with van der Waals surface area (Å²) >= 11 is 1.14. The maximum absolute atomic E-state index is 11.8. The molecule has 0 unspecified atom stereocenters. The number of hydrogen-bond donors (Lipinski definition) is 2. The number of carbonyl (C=O) groups excluding carboxylic acids is 2. The highest BCUT2D eigenvalue weighted by atomic mass is 32.1. The predicted molar refractivity (Wildman–Crippen MR) is 79.3 cm³/mol. The minimum Gasteiger partial charge on any atom is -0.465 e. The molecule has 7 heteroatoms. The lowest BCUT2D eigenvalue weighted by Gasteiger charge is -2.16. The van der Waals surface area contributed by atoms with E-state index >= 15 is 0 Å². The minimum absolute atomic E-state index is 0.134. The smallest absolute Gasteiger partial charge is 0.350 e. The fourth-order valence-electron chi connectivity index (χ4n) is 1.53. The van der Waals surface area contributed by atoms with Crippen LogP contribution in [0, 0.1) is 0 Å². The van der Waals surface area contributed by atoms with Crippen LogP contribution in [0.2, 0.25) is 0 Å². The van der Waals surface area contributed by atoms with Crippen LogP contribution in [0.4, 0.5) is 5.13 Å². The number of hydrogen-bond acceptors (Lipinski definition) is 6. The number of amides is 1. The molecule has 1 aromatic heterocycles. The summed E-state index contributed by atoms with van der Waals surface area (Å²) < 4.78 is 4.76. The number of rotatable bonds is 5. The van der Waals surface area contributed by atoms with E-state index in [1.54, 1.807) is 7.05 Å². The van der Waals surface area contributed by atoms with Crippen LogP contribution in [-0.2, 0) is 14.9 Å². The molecule has 0 aromatic carbocycles. The van der Waals surface area contributed by atoms with E-state index in [0.29, 0.717) is 28.7 Å². The third-order valence-corrected chi connectivity index (χ3v) is 3.51. The van der Waals surface area contributed by atoms with Crippen LogP contribution in [-0.4, -0.2) is 37.6 Å². The van der Waals surface area contributed by atoms with Crippen LogP contribution in [0.1, 0.15) is 42.6 Å². The molecule has 1 amide bonds. The molecular formula is C13H21N3O3S. The van der Waals surface area contributed by atoms with E-state index in [4.69, 9.17) is 4.74 Å². The second-order valence-corrected chi connectivity index (χ2v) is 6.34. The van der Waals surface area contributed by atoms with Crippen molar-refractivity contribution in [3.05, 3.63) is 10.6 Å². The van der Waals surface area contributed by atoms with E-state index in [1.165, 1.54) is 7.11 Å². The molecule has 0 aliphatic heterocycles. The molecule has 1 aromatic rings. The Balaban J connectivity index is 2.97. The molecule has 0 atom stereocenters. The summed E-state index contributed by atoms with van der Waals surface area (Å²) in [4.78, 5) is 28.3. The van der Waals surface area contributed by atoms with E-state index in [1.807, 2.05) is 20.8 Å². The highest BCUT2D eigenvalue weighted by Crippen LogP contribution is 2.32. The molecule has 0 saturated heterocycles. The number of esters is 1. The normalized spacial score (nSPS) is 11.2. The maximum Gasteiger partial charge on any atom is 0.350 e. The summed E-state index contributed by atoms with van der Waals surface area (Å²) in [7, 11) is 3.11. The quantitative estimate of drug-likeness (QED) is 0.810. The number of anilines is 1. The average molecular weight is 299 g/mol. The third-order valence-electron chi connectivity index (χ3n) is 2.56. The molecule has 0 aliphatic rings. The summed E-state index contributed by atoms with van der Waals surface area (Å²) in [5, 5.41) is 6.04. The molecule has 0 aliphatic carbocycles. The molecule has 20 heavy (non-hydrogen) atoms. The summed E-state index contributed by atoms with van der Waals surface area (Å²) in [6.45, 7) is 6.47. The number of thiazole rings is 1. The first-order valence-corrected chi connectivity index (χ1v) is 7.15. The lowest BCUT2D eigenvalue weighted by molar-refractivity contribution is -0.116. The van der Waals surface area contributed by atoms with Gasteiger partial charge in [0.05, 0.1) is 12.8 Å². The average Bonchev–Trinajstić information content (AvgIpc) is 2.79. The first-order chi connectivity index (χ1) is 9.29. The number of methoxy groups -OCH3 is 1. The van der Waals surface area contributed by atoms with Crippen molar-refractivity contribution in [3.63, 3.8) is 0 Å². The maximum atomic E-state index is 11.8. The van der Waals surface area contributed by atoms with Crippen molar-refractivity contribution in [2.45, 2.75) is 32.6 Å². The van der Waals surface area contributed by atoms with E-state index in [2.05, 4.69) is 15.6 Å². The van der Waals surface area contributed by atoms with Gasteiger partial charge in [0.25, 0.3) is 0 Å². The van der Waals surface area contributed by atoms with Crippen molar-refractivity contribution in [2.75, 3.05) is 26.0 Å². The Morgan fingerprint density at radius 1 is 1.35 bits per heavy atom. The molecule has 0 fully saturated rings. The lowest BCUT2D eigenvalue weighted by Crippen LogP contribution is -2.19. The van der Waals surface area contributed by atoms with E-state index in [0.717, 1.165) is 11.3 Å². The van der Waals surface area contributed by atoms with Crippen LogP contribution in [0.3, 0.4) is 0 Å². The zero-order valence-electron chi connectivity index (χ0n) is 12.5. The Kier molecular flexibility index (Phi) is 5.64. The van der Waals surface area contributed by atoms with Crippen molar-refractivity contribution in [1.29, 1.82) is 0 Å². The third kappa shape index (κ3) is 4.28. The van der Waals surface area contributed by atoms with Gasteiger partial charge < -0.3 is 15.4 Å². The monoisotopic (exact) mass is 299 g/mol. The van der Waals surface area contributed by atoms with Crippen LogP contribution in [0.25, 0.3) is 0 Å². The summed E-state index contributed by atoms with van der Waals surface area (Å²) in [6, 6.07) is 0. The van der Waals surface area contributed by atoms with Gasteiger partial charge in [-0.2, -0.15) is 0 Å².